The van der Waals surface area contributed by atoms with Crippen molar-refractivity contribution in [2.75, 3.05) is 0 Å². The van der Waals surface area contributed by atoms with Crippen molar-refractivity contribution < 1.29 is 18.3 Å². The lowest BCUT2D eigenvalue weighted by molar-refractivity contribution is 0.101. The van der Waals surface area contributed by atoms with E-state index in [9.17, 15) is 13.6 Å². The molecule has 0 atom stereocenters. The SMILES string of the molecule is CC(=O)c1cccc(F)c1Oc1cc(C)ccc1F. The molecule has 0 aliphatic carbocycles. The Balaban J connectivity index is 2.49. The maximum Gasteiger partial charge on any atom is 0.173 e. The third kappa shape index (κ3) is 2.78. The van der Waals surface area contributed by atoms with E-state index in [4.69, 9.17) is 4.74 Å². The number of Topliss-reactive ketones (excluding diaryl/α,β-unsaturated/α-hetero) is 1. The molecule has 2 nitrogen and oxygen atoms in total. The van der Waals surface area contributed by atoms with Gasteiger partial charge < -0.3 is 4.74 Å². The molecule has 0 radical (unpaired) electrons. The largest absolute Gasteiger partial charge is 0.450 e. The first-order valence-corrected chi connectivity index (χ1v) is 5.72. The summed E-state index contributed by atoms with van der Waals surface area (Å²) >= 11 is 0. The summed E-state index contributed by atoms with van der Waals surface area (Å²) in [7, 11) is 0. The third-order valence-electron chi connectivity index (χ3n) is 2.65. The zero-order valence-electron chi connectivity index (χ0n) is 10.5. The van der Waals surface area contributed by atoms with Crippen molar-refractivity contribution in [3.8, 4) is 11.5 Å². The second-order valence-electron chi connectivity index (χ2n) is 4.21. The number of carbonyl (C=O) groups excluding carboxylic acids is 1. The van der Waals surface area contributed by atoms with E-state index in [0.29, 0.717) is 0 Å². The van der Waals surface area contributed by atoms with Gasteiger partial charge in [0, 0.05) is 0 Å². The topological polar surface area (TPSA) is 26.3 Å². The fourth-order valence-electron chi connectivity index (χ4n) is 1.69. The number of hydrogen-bond donors (Lipinski definition) is 0. The Bertz CT molecular complexity index is 636. The summed E-state index contributed by atoms with van der Waals surface area (Å²) in [6, 6.07) is 8.27. The van der Waals surface area contributed by atoms with Crippen molar-refractivity contribution in [1.82, 2.24) is 0 Å². The molecule has 4 heteroatoms. The molecule has 0 bridgehead atoms. The van der Waals surface area contributed by atoms with E-state index in [1.54, 1.807) is 13.0 Å². The van der Waals surface area contributed by atoms with Crippen molar-refractivity contribution in [1.29, 1.82) is 0 Å². The predicted octanol–water partition coefficient (Wildman–Crippen LogP) is 4.27. The second kappa shape index (κ2) is 5.18. The van der Waals surface area contributed by atoms with E-state index in [1.165, 1.54) is 31.2 Å². The maximum atomic E-state index is 13.7. The van der Waals surface area contributed by atoms with E-state index < -0.39 is 11.6 Å². The zero-order chi connectivity index (χ0) is 14.0. The van der Waals surface area contributed by atoms with Crippen LogP contribution in [0.15, 0.2) is 36.4 Å². The number of hydrogen-bond acceptors (Lipinski definition) is 2. The van der Waals surface area contributed by atoms with Gasteiger partial charge in [-0.15, -0.1) is 0 Å². The van der Waals surface area contributed by atoms with E-state index in [2.05, 4.69) is 0 Å². The normalized spacial score (nSPS) is 10.3. The van der Waals surface area contributed by atoms with Crippen LogP contribution >= 0.6 is 0 Å². The van der Waals surface area contributed by atoms with E-state index in [0.717, 1.165) is 11.6 Å². The number of carbonyl (C=O) groups is 1. The summed E-state index contributed by atoms with van der Waals surface area (Å²) in [6.07, 6.45) is 0. The molecule has 0 spiro atoms. The first-order chi connectivity index (χ1) is 8.99. The molecule has 2 aromatic carbocycles. The minimum atomic E-state index is -0.700. The molecule has 0 aromatic heterocycles. The van der Waals surface area contributed by atoms with Crippen molar-refractivity contribution in [2.24, 2.45) is 0 Å². The van der Waals surface area contributed by atoms with Gasteiger partial charge >= 0.3 is 0 Å². The van der Waals surface area contributed by atoms with Gasteiger partial charge in [-0.1, -0.05) is 12.1 Å². The van der Waals surface area contributed by atoms with Gasteiger partial charge in [-0.3, -0.25) is 4.79 Å². The zero-order valence-corrected chi connectivity index (χ0v) is 10.5. The smallest absolute Gasteiger partial charge is 0.173 e. The average molecular weight is 262 g/mol. The summed E-state index contributed by atoms with van der Waals surface area (Å²) in [6.45, 7) is 3.06. The Morgan fingerprint density at radius 1 is 1.11 bits per heavy atom. The predicted molar refractivity (Wildman–Crippen MR) is 67.6 cm³/mol. The van der Waals surface area contributed by atoms with E-state index in [-0.39, 0.29) is 22.8 Å². The van der Waals surface area contributed by atoms with Crippen molar-refractivity contribution >= 4 is 5.78 Å². The van der Waals surface area contributed by atoms with Gasteiger partial charge in [-0.05, 0) is 43.7 Å². The number of benzene rings is 2. The summed E-state index contributed by atoms with van der Waals surface area (Å²) in [5.74, 6) is -2.01. The molecular weight excluding hydrogens is 250 g/mol. The number of para-hydroxylation sites is 1. The Labute approximate surface area is 109 Å². The highest BCUT2D eigenvalue weighted by Crippen LogP contribution is 2.30. The van der Waals surface area contributed by atoms with E-state index in [1.807, 2.05) is 0 Å². The second-order valence-corrected chi connectivity index (χ2v) is 4.21. The Morgan fingerprint density at radius 2 is 1.84 bits per heavy atom. The molecule has 19 heavy (non-hydrogen) atoms. The summed E-state index contributed by atoms with van der Waals surface area (Å²) in [5, 5.41) is 0. The van der Waals surface area contributed by atoms with Gasteiger partial charge in [-0.2, -0.15) is 0 Å². The van der Waals surface area contributed by atoms with Crippen molar-refractivity contribution in [2.45, 2.75) is 13.8 Å². The Kier molecular flexibility index (Phi) is 3.60. The standard InChI is InChI=1S/C15H12F2O2/c1-9-6-7-12(16)14(8-9)19-15-11(10(2)18)4-3-5-13(15)17/h3-8H,1-2H3. The molecule has 0 heterocycles. The molecule has 0 unspecified atom stereocenters. The molecule has 2 rings (SSSR count). The molecule has 0 amide bonds. The van der Waals surface area contributed by atoms with Crippen LogP contribution < -0.4 is 4.74 Å². The van der Waals surface area contributed by atoms with Crippen LogP contribution in [-0.4, -0.2) is 5.78 Å². The van der Waals surface area contributed by atoms with Crippen LogP contribution in [0, 0.1) is 18.6 Å². The van der Waals surface area contributed by atoms with Crippen LogP contribution in [0.25, 0.3) is 0 Å². The third-order valence-corrected chi connectivity index (χ3v) is 2.65. The minimum absolute atomic E-state index is 0.0842. The summed E-state index contributed by atoms with van der Waals surface area (Å²) in [5.41, 5.74) is 0.859. The van der Waals surface area contributed by atoms with Gasteiger partial charge in [0.15, 0.2) is 28.9 Å². The molecule has 0 saturated carbocycles. The molecule has 0 N–H and O–H groups in total. The number of ketones is 1. The van der Waals surface area contributed by atoms with Crippen LogP contribution in [0.3, 0.4) is 0 Å². The molecule has 0 aliphatic heterocycles. The Morgan fingerprint density at radius 3 is 2.53 bits per heavy atom. The lowest BCUT2D eigenvalue weighted by atomic mass is 10.1. The van der Waals surface area contributed by atoms with Crippen LogP contribution in [0.4, 0.5) is 8.78 Å². The minimum Gasteiger partial charge on any atom is -0.450 e. The van der Waals surface area contributed by atoms with Crippen LogP contribution in [-0.2, 0) is 0 Å². The maximum absolute atomic E-state index is 13.7. The fraction of sp³-hybridized carbons (Fsp3) is 0.133. The molecular formula is C15H12F2O2. The highest BCUT2D eigenvalue weighted by molar-refractivity contribution is 5.96. The van der Waals surface area contributed by atoms with Gasteiger partial charge in [0.05, 0.1) is 5.56 Å². The number of aryl methyl sites for hydroxylation is 1. The lowest BCUT2D eigenvalue weighted by Gasteiger charge is -2.11. The quantitative estimate of drug-likeness (QED) is 0.772. The van der Waals surface area contributed by atoms with Gasteiger partial charge in [0.1, 0.15) is 0 Å². The lowest BCUT2D eigenvalue weighted by Crippen LogP contribution is -2.00. The summed E-state index contributed by atoms with van der Waals surface area (Å²) in [4.78, 5) is 11.4. The van der Waals surface area contributed by atoms with Gasteiger partial charge in [0.25, 0.3) is 0 Å². The van der Waals surface area contributed by atoms with Crippen LogP contribution in [0.2, 0.25) is 0 Å². The molecule has 0 aliphatic rings. The monoisotopic (exact) mass is 262 g/mol. The highest BCUT2D eigenvalue weighted by Gasteiger charge is 2.16. The molecule has 0 fully saturated rings. The fourth-order valence-corrected chi connectivity index (χ4v) is 1.69. The van der Waals surface area contributed by atoms with Gasteiger partial charge in [0.2, 0.25) is 0 Å². The first kappa shape index (κ1) is 13.2. The van der Waals surface area contributed by atoms with E-state index >= 15 is 0 Å². The highest BCUT2D eigenvalue weighted by atomic mass is 19.1. The van der Waals surface area contributed by atoms with Crippen molar-refractivity contribution in [3.63, 3.8) is 0 Å². The number of ether oxygens (including phenoxy) is 1. The van der Waals surface area contributed by atoms with Crippen LogP contribution in [0.1, 0.15) is 22.8 Å². The average Bonchev–Trinajstić information content (AvgIpc) is 2.35. The number of halogens is 2. The number of rotatable bonds is 3. The van der Waals surface area contributed by atoms with Gasteiger partial charge in [-0.25, -0.2) is 8.78 Å². The molecule has 98 valence electrons. The Hall–Kier alpha value is -2.23. The van der Waals surface area contributed by atoms with Crippen LogP contribution in [0.5, 0.6) is 11.5 Å². The molecule has 0 saturated heterocycles. The summed E-state index contributed by atoms with van der Waals surface area (Å²) < 4.78 is 32.6. The molecule has 2 aromatic rings. The first-order valence-electron chi connectivity index (χ1n) is 5.72. The van der Waals surface area contributed by atoms with Crippen molar-refractivity contribution in [3.05, 3.63) is 59.2 Å².